The lowest BCUT2D eigenvalue weighted by Gasteiger charge is -2.09. The van der Waals surface area contributed by atoms with Gasteiger partial charge >= 0.3 is 12.3 Å². The molecule has 0 radical (unpaired) electrons. The van der Waals surface area contributed by atoms with E-state index in [2.05, 4.69) is 14.5 Å². The molecular formula is C9H7F3INO4. The van der Waals surface area contributed by atoms with Crippen LogP contribution in [0.5, 0.6) is 5.75 Å². The van der Waals surface area contributed by atoms with Gasteiger partial charge in [0.15, 0.2) is 5.75 Å². The van der Waals surface area contributed by atoms with Crippen LogP contribution in [0.15, 0.2) is 11.0 Å². The zero-order chi connectivity index (χ0) is 13.9. The molecule has 0 aromatic carbocycles. The summed E-state index contributed by atoms with van der Waals surface area (Å²) in [6.45, 7) is 0. The lowest BCUT2D eigenvalue weighted by Crippen LogP contribution is -2.24. The van der Waals surface area contributed by atoms with Crippen LogP contribution in [-0.4, -0.2) is 24.4 Å². The number of carbonyl (C=O) groups is 1. The first-order chi connectivity index (χ1) is 8.24. The van der Waals surface area contributed by atoms with Crippen LogP contribution >= 0.6 is 22.6 Å². The zero-order valence-corrected chi connectivity index (χ0v) is 11.1. The van der Waals surface area contributed by atoms with Gasteiger partial charge in [-0.1, -0.05) is 0 Å². The molecular weight excluding hydrogens is 370 g/mol. The molecule has 0 spiro atoms. The van der Waals surface area contributed by atoms with Gasteiger partial charge in [0.1, 0.15) is 0 Å². The molecule has 9 heteroatoms. The van der Waals surface area contributed by atoms with E-state index in [4.69, 9.17) is 0 Å². The predicted octanol–water partition coefficient (Wildman–Crippen LogP) is 1.59. The minimum absolute atomic E-state index is 0.0558. The Morgan fingerprint density at radius 3 is 2.61 bits per heavy atom. The van der Waals surface area contributed by atoms with Crippen molar-refractivity contribution in [3.8, 4) is 5.75 Å². The number of halogens is 4. The Labute approximate surface area is 112 Å². The van der Waals surface area contributed by atoms with Crippen molar-refractivity contribution >= 4 is 28.6 Å². The van der Waals surface area contributed by atoms with Crippen LogP contribution in [0.1, 0.15) is 5.69 Å². The van der Waals surface area contributed by atoms with E-state index in [1.54, 1.807) is 0 Å². The number of methoxy groups -OCH3 is 1. The van der Waals surface area contributed by atoms with Crippen LogP contribution in [0.25, 0.3) is 0 Å². The molecule has 0 bridgehead atoms. The molecule has 1 heterocycles. The minimum Gasteiger partial charge on any atom is -0.469 e. The summed E-state index contributed by atoms with van der Waals surface area (Å²) in [6, 6.07) is 0. The normalized spacial score (nSPS) is 11.2. The average Bonchev–Trinajstić information content (AvgIpc) is 2.27. The maximum atomic E-state index is 12.0. The van der Waals surface area contributed by atoms with E-state index >= 15 is 0 Å². The number of alkyl halides is 3. The van der Waals surface area contributed by atoms with Gasteiger partial charge in [0.2, 0.25) is 5.43 Å². The third-order valence-electron chi connectivity index (χ3n) is 1.84. The number of rotatable bonds is 3. The van der Waals surface area contributed by atoms with Crippen molar-refractivity contribution in [2.24, 2.45) is 0 Å². The van der Waals surface area contributed by atoms with Gasteiger partial charge in [-0.15, -0.1) is 13.2 Å². The van der Waals surface area contributed by atoms with Gasteiger partial charge in [-0.3, -0.25) is 9.59 Å². The molecule has 1 aromatic rings. The van der Waals surface area contributed by atoms with Gasteiger partial charge in [-0.2, -0.15) is 0 Å². The Hall–Kier alpha value is -1.26. The number of nitrogens with one attached hydrogen (secondary N) is 1. The standard InChI is InChI=1S/C9H7F3INO4/c1-17-6(15)2-4-7(13)8(16)5(3-14-4)18-9(10,11)12/h3H,2H2,1H3,(H,14,16). The third kappa shape index (κ3) is 3.89. The molecule has 1 aromatic heterocycles. The number of esters is 1. The summed E-state index contributed by atoms with van der Waals surface area (Å²) in [5.41, 5.74) is -0.771. The maximum Gasteiger partial charge on any atom is 0.573 e. The first-order valence-corrected chi connectivity index (χ1v) is 5.55. The summed E-state index contributed by atoms with van der Waals surface area (Å²) in [7, 11) is 1.16. The largest absolute Gasteiger partial charge is 0.573 e. The van der Waals surface area contributed by atoms with Crippen LogP contribution in [0.3, 0.4) is 0 Å². The molecule has 0 saturated heterocycles. The highest BCUT2D eigenvalue weighted by molar-refractivity contribution is 14.1. The molecule has 0 saturated carbocycles. The quantitative estimate of drug-likeness (QED) is 0.642. The summed E-state index contributed by atoms with van der Waals surface area (Å²) in [4.78, 5) is 24.9. The van der Waals surface area contributed by atoms with E-state index in [0.717, 1.165) is 13.3 Å². The second kappa shape index (κ2) is 5.59. The Bertz CT molecular complexity index is 512. The van der Waals surface area contributed by atoms with Crippen LogP contribution in [0.4, 0.5) is 13.2 Å². The van der Waals surface area contributed by atoms with Gasteiger partial charge in [0.05, 0.1) is 17.1 Å². The first kappa shape index (κ1) is 14.8. The molecule has 100 valence electrons. The van der Waals surface area contributed by atoms with E-state index in [9.17, 15) is 22.8 Å². The number of pyridine rings is 1. The van der Waals surface area contributed by atoms with Crippen molar-refractivity contribution in [2.75, 3.05) is 7.11 Å². The molecule has 0 unspecified atom stereocenters. The summed E-state index contributed by atoms with van der Waals surface area (Å²) in [6.07, 6.45) is -4.42. The number of ether oxygens (including phenoxy) is 2. The summed E-state index contributed by atoms with van der Waals surface area (Å²) in [5, 5.41) is 0. The molecule has 0 aliphatic heterocycles. The molecule has 0 atom stereocenters. The monoisotopic (exact) mass is 377 g/mol. The number of hydrogen-bond donors (Lipinski definition) is 1. The van der Waals surface area contributed by atoms with E-state index in [1.807, 2.05) is 0 Å². The Morgan fingerprint density at radius 2 is 2.11 bits per heavy atom. The van der Waals surface area contributed by atoms with Gasteiger partial charge in [0.25, 0.3) is 0 Å². The van der Waals surface area contributed by atoms with E-state index in [0.29, 0.717) is 0 Å². The fourth-order valence-corrected chi connectivity index (χ4v) is 1.68. The minimum atomic E-state index is -4.94. The molecule has 0 amide bonds. The average molecular weight is 377 g/mol. The summed E-state index contributed by atoms with van der Waals surface area (Å²) in [5.74, 6) is -1.49. The number of aromatic nitrogens is 1. The van der Waals surface area contributed by atoms with Crippen molar-refractivity contribution in [3.63, 3.8) is 0 Å². The van der Waals surface area contributed by atoms with Crippen molar-refractivity contribution in [3.05, 3.63) is 25.7 Å². The van der Waals surface area contributed by atoms with Crippen LogP contribution < -0.4 is 10.2 Å². The number of H-pyrrole nitrogens is 1. The van der Waals surface area contributed by atoms with Gasteiger partial charge in [-0.05, 0) is 22.6 Å². The van der Waals surface area contributed by atoms with Gasteiger partial charge < -0.3 is 14.5 Å². The van der Waals surface area contributed by atoms with E-state index in [1.165, 1.54) is 22.6 Å². The second-order valence-electron chi connectivity index (χ2n) is 3.08. The smallest absolute Gasteiger partial charge is 0.469 e. The summed E-state index contributed by atoms with van der Waals surface area (Å²) < 4.78 is 43.8. The fourth-order valence-electron chi connectivity index (χ4n) is 1.07. The van der Waals surface area contributed by atoms with Crippen molar-refractivity contribution in [1.29, 1.82) is 0 Å². The van der Waals surface area contributed by atoms with Crippen molar-refractivity contribution < 1.29 is 27.4 Å². The Morgan fingerprint density at radius 1 is 1.50 bits per heavy atom. The van der Waals surface area contributed by atoms with Crippen molar-refractivity contribution in [2.45, 2.75) is 12.8 Å². The highest BCUT2D eigenvalue weighted by Gasteiger charge is 2.32. The topological polar surface area (TPSA) is 68.4 Å². The van der Waals surface area contributed by atoms with Crippen molar-refractivity contribution in [1.82, 2.24) is 4.98 Å². The van der Waals surface area contributed by atoms with Gasteiger partial charge in [-0.25, -0.2) is 0 Å². The predicted molar refractivity (Wildman–Crippen MR) is 62.2 cm³/mol. The van der Waals surface area contributed by atoms with Crippen LogP contribution in [-0.2, 0) is 16.0 Å². The van der Waals surface area contributed by atoms with Crippen LogP contribution in [0.2, 0.25) is 0 Å². The molecule has 0 fully saturated rings. The molecule has 0 aliphatic rings. The van der Waals surface area contributed by atoms with Crippen LogP contribution in [0, 0.1) is 3.57 Å². The number of hydrogen-bond acceptors (Lipinski definition) is 4. The Balaban J connectivity index is 3.06. The Kier molecular flexibility index (Phi) is 4.59. The third-order valence-corrected chi connectivity index (χ3v) is 2.98. The molecule has 18 heavy (non-hydrogen) atoms. The van der Waals surface area contributed by atoms with E-state index < -0.39 is 23.5 Å². The lowest BCUT2D eigenvalue weighted by atomic mass is 10.2. The maximum absolute atomic E-state index is 12.0. The lowest BCUT2D eigenvalue weighted by molar-refractivity contribution is -0.275. The molecule has 1 N–H and O–H groups in total. The summed E-state index contributed by atoms with van der Waals surface area (Å²) >= 11 is 1.53. The molecule has 5 nitrogen and oxygen atoms in total. The highest BCUT2D eigenvalue weighted by Crippen LogP contribution is 2.20. The number of aromatic amines is 1. The van der Waals surface area contributed by atoms with E-state index in [-0.39, 0.29) is 15.7 Å². The first-order valence-electron chi connectivity index (χ1n) is 4.47. The number of carbonyl (C=O) groups excluding carboxylic acids is 1. The fraction of sp³-hybridized carbons (Fsp3) is 0.333. The molecule has 1 rings (SSSR count). The van der Waals surface area contributed by atoms with Gasteiger partial charge in [0, 0.05) is 11.9 Å². The highest BCUT2D eigenvalue weighted by atomic mass is 127. The zero-order valence-electron chi connectivity index (χ0n) is 8.93. The SMILES string of the molecule is COC(=O)Cc1[nH]cc(OC(F)(F)F)c(=O)c1I. The molecule has 0 aliphatic carbocycles. The second-order valence-corrected chi connectivity index (χ2v) is 4.15.